The van der Waals surface area contributed by atoms with Gasteiger partial charge < -0.3 is 9.32 Å². The summed E-state index contributed by atoms with van der Waals surface area (Å²) in [7, 11) is 0. The first-order chi connectivity index (χ1) is 10.6. The predicted molar refractivity (Wildman–Crippen MR) is 86.5 cm³/mol. The Morgan fingerprint density at radius 1 is 1.36 bits per heavy atom. The SMILES string of the molecule is CC(C)C(=O)N1CCN(Cc2csc(-c3ccco3)n2)CC1. The van der Waals surface area contributed by atoms with E-state index in [0.717, 1.165) is 49.2 Å². The fraction of sp³-hybridized carbons (Fsp3) is 0.500. The zero-order chi connectivity index (χ0) is 15.5. The molecule has 0 atom stereocenters. The quantitative estimate of drug-likeness (QED) is 0.869. The summed E-state index contributed by atoms with van der Waals surface area (Å²) in [5, 5.41) is 3.01. The van der Waals surface area contributed by atoms with Crippen LogP contribution in [0.2, 0.25) is 0 Å². The van der Waals surface area contributed by atoms with Crippen LogP contribution >= 0.6 is 11.3 Å². The molecule has 1 fully saturated rings. The van der Waals surface area contributed by atoms with Crippen LogP contribution in [-0.2, 0) is 11.3 Å². The third kappa shape index (κ3) is 3.39. The van der Waals surface area contributed by atoms with Gasteiger partial charge in [0.2, 0.25) is 5.91 Å². The van der Waals surface area contributed by atoms with Gasteiger partial charge in [0.25, 0.3) is 0 Å². The van der Waals surface area contributed by atoms with E-state index in [0.29, 0.717) is 0 Å². The molecule has 2 aromatic rings. The number of furan rings is 1. The standard InChI is InChI=1S/C16H21N3O2S/c1-12(2)16(20)19-7-5-18(6-8-19)10-13-11-22-15(17-13)14-4-3-9-21-14/h3-4,9,11-12H,5-8,10H2,1-2H3. The van der Waals surface area contributed by atoms with Crippen LogP contribution in [-0.4, -0.2) is 46.9 Å². The number of carbonyl (C=O) groups excluding carboxylic acids is 1. The number of aromatic nitrogens is 1. The summed E-state index contributed by atoms with van der Waals surface area (Å²) in [5.74, 6) is 1.16. The number of amides is 1. The molecule has 1 saturated heterocycles. The second-order valence-corrected chi connectivity index (χ2v) is 6.74. The molecule has 22 heavy (non-hydrogen) atoms. The Balaban J connectivity index is 1.54. The molecule has 118 valence electrons. The van der Waals surface area contributed by atoms with Crippen LogP contribution in [0.25, 0.3) is 10.8 Å². The van der Waals surface area contributed by atoms with E-state index < -0.39 is 0 Å². The normalized spacial score (nSPS) is 16.4. The van der Waals surface area contributed by atoms with Crippen molar-refractivity contribution in [2.45, 2.75) is 20.4 Å². The predicted octanol–water partition coefficient (Wildman–Crippen LogP) is 2.70. The summed E-state index contributed by atoms with van der Waals surface area (Å²) in [5.41, 5.74) is 1.07. The van der Waals surface area contributed by atoms with Gasteiger partial charge in [-0.1, -0.05) is 13.8 Å². The van der Waals surface area contributed by atoms with E-state index >= 15 is 0 Å². The smallest absolute Gasteiger partial charge is 0.225 e. The Morgan fingerprint density at radius 3 is 2.77 bits per heavy atom. The maximum atomic E-state index is 12.0. The van der Waals surface area contributed by atoms with E-state index in [-0.39, 0.29) is 11.8 Å². The van der Waals surface area contributed by atoms with Crippen LogP contribution in [0.5, 0.6) is 0 Å². The molecule has 0 bridgehead atoms. The number of rotatable bonds is 4. The van der Waals surface area contributed by atoms with Crippen LogP contribution in [0, 0.1) is 5.92 Å². The Morgan fingerprint density at radius 2 is 2.14 bits per heavy atom. The van der Waals surface area contributed by atoms with Gasteiger partial charge >= 0.3 is 0 Å². The zero-order valence-electron chi connectivity index (χ0n) is 13.0. The van der Waals surface area contributed by atoms with Crippen LogP contribution in [0.4, 0.5) is 0 Å². The average Bonchev–Trinajstić information content (AvgIpc) is 3.18. The van der Waals surface area contributed by atoms with E-state index in [9.17, 15) is 4.79 Å². The largest absolute Gasteiger partial charge is 0.462 e. The third-order valence-electron chi connectivity index (χ3n) is 3.85. The highest BCUT2D eigenvalue weighted by molar-refractivity contribution is 7.13. The first-order valence-electron chi connectivity index (χ1n) is 7.63. The van der Waals surface area contributed by atoms with Crippen molar-refractivity contribution >= 4 is 17.2 Å². The van der Waals surface area contributed by atoms with Crippen molar-refractivity contribution in [1.82, 2.24) is 14.8 Å². The maximum absolute atomic E-state index is 12.0. The zero-order valence-corrected chi connectivity index (χ0v) is 13.8. The molecule has 2 aromatic heterocycles. The second-order valence-electron chi connectivity index (χ2n) is 5.88. The Labute approximate surface area is 134 Å². The van der Waals surface area contributed by atoms with E-state index in [4.69, 9.17) is 4.42 Å². The topological polar surface area (TPSA) is 49.6 Å². The number of nitrogens with zero attached hydrogens (tertiary/aromatic N) is 3. The summed E-state index contributed by atoms with van der Waals surface area (Å²) in [6.07, 6.45) is 1.67. The summed E-state index contributed by atoms with van der Waals surface area (Å²) < 4.78 is 5.38. The van der Waals surface area contributed by atoms with Gasteiger partial charge in [0.05, 0.1) is 12.0 Å². The van der Waals surface area contributed by atoms with Crippen molar-refractivity contribution < 1.29 is 9.21 Å². The lowest BCUT2D eigenvalue weighted by molar-refractivity contribution is -0.136. The molecule has 3 rings (SSSR count). The minimum Gasteiger partial charge on any atom is -0.462 e. The van der Waals surface area contributed by atoms with Crippen LogP contribution in [0.1, 0.15) is 19.5 Å². The number of thiazole rings is 1. The number of hydrogen-bond donors (Lipinski definition) is 0. The summed E-state index contributed by atoms with van der Waals surface area (Å²) in [4.78, 5) is 20.9. The van der Waals surface area contributed by atoms with Gasteiger partial charge in [0.1, 0.15) is 0 Å². The summed E-state index contributed by atoms with van der Waals surface area (Å²) in [6.45, 7) is 8.19. The maximum Gasteiger partial charge on any atom is 0.225 e. The highest BCUT2D eigenvalue weighted by atomic mass is 32.1. The molecule has 3 heterocycles. The lowest BCUT2D eigenvalue weighted by Gasteiger charge is -2.35. The van der Waals surface area contributed by atoms with Crippen molar-refractivity contribution in [3.8, 4) is 10.8 Å². The fourth-order valence-corrected chi connectivity index (χ4v) is 3.39. The summed E-state index contributed by atoms with van der Waals surface area (Å²) in [6, 6.07) is 3.81. The fourth-order valence-electron chi connectivity index (χ4n) is 2.61. The third-order valence-corrected chi connectivity index (χ3v) is 4.75. The minimum absolute atomic E-state index is 0.0842. The van der Waals surface area contributed by atoms with E-state index in [1.807, 2.05) is 30.9 Å². The van der Waals surface area contributed by atoms with E-state index in [1.165, 1.54) is 0 Å². The van der Waals surface area contributed by atoms with Crippen molar-refractivity contribution in [3.63, 3.8) is 0 Å². The number of piperazine rings is 1. The van der Waals surface area contributed by atoms with Crippen molar-refractivity contribution in [2.24, 2.45) is 5.92 Å². The van der Waals surface area contributed by atoms with Crippen LogP contribution < -0.4 is 0 Å². The Bertz CT molecular complexity index is 613. The monoisotopic (exact) mass is 319 g/mol. The molecule has 0 N–H and O–H groups in total. The van der Waals surface area contributed by atoms with Crippen molar-refractivity contribution in [3.05, 3.63) is 29.5 Å². The van der Waals surface area contributed by atoms with Gasteiger partial charge in [-0.15, -0.1) is 11.3 Å². The molecular weight excluding hydrogens is 298 g/mol. The van der Waals surface area contributed by atoms with Crippen molar-refractivity contribution in [1.29, 1.82) is 0 Å². The van der Waals surface area contributed by atoms with E-state index in [1.54, 1.807) is 17.6 Å². The second kappa shape index (κ2) is 6.62. The first kappa shape index (κ1) is 15.2. The molecule has 1 aliphatic rings. The highest BCUT2D eigenvalue weighted by Gasteiger charge is 2.23. The molecule has 0 spiro atoms. The molecule has 0 radical (unpaired) electrons. The van der Waals surface area contributed by atoms with Gasteiger partial charge in [0, 0.05) is 44.0 Å². The Hall–Kier alpha value is -1.66. The van der Waals surface area contributed by atoms with Gasteiger partial charge in [0.15, 0.2) is 10.8 Å². The molecule has 0 aromatic carbocycles. The van der Waals surface area contributed by atoms with Crippen LogP contribution in [0.15, 0.2) is 28.2 Å². The molecule has 5 nitrogen and oxygen atoms in total. The van der Waals surface area contributed by atoms with Gasteiger partial charge in [-0.25, -0.2) is 4.98 Å². The van der Waals surface area contributed by atoms with Gasteiger partial charge in [-0.05, 0) is 12.1 Å². The molecule has 1 aliphatic heterocycles. The average molecular weight is 319 g/mol. The molecular formula is C16H21N3O2S. The molecule has 0 unspecified atom stereocenters. The van der Waals surface area contributed by atoms with Gasteiger partial charge in [-0.2, -0.15) is 0 Å². The molecule has 0 saturated carbocycles. The summed E-state index contributed by atoms with van der Waals surface area (Å²) >= 11 is 1.61. The lowest BCUT2D eigenvalue weighted by Crippen LogP contribution is -2.49. The molecule has 6 heteroatoms. The first-order valence-corrected chi connectivity index (χ1v) is 8.51. The highest BCUT2D eigenvalue weighted by Crippen LogP contribution is 2.24. The lowest BCUT2D eigenvalue weighted by atomic mass is 10.1. The van der Waals surface area contributed by atoms with Crippen LogP contribution in [0.3, 0.4) is 0 Å². The van der Waals surface area contributed by atoms with Gasteiger partial charge in [-0.3, -0.25) is 9.69 Å². The molecule has 1 amide bonds. The number of hydrogen-bond acceptors (Lipinski definition) is 5. The van der Waals surface area contributed by atoms with Crippen molar-refractivity contribution in [2.75, 3.05) is 26.2 Å². The Kier molecular flexibility index (Phi) is 4.59. The molecule has 0 aliphatic carbocycles. The number of carbonyl (C=O) groups is 1. The van der Waals surface area contributed by atoms with E-state index in [2.05, 4.69) is 15.3 Å². The minimum atomic E-state index is 0.0842.